The number of piperidine rings is 2. The Balaban J connectivity index is 1.47. The normalized spacial score (nSPS) is 20.9. The first-order valence-corrected chi connectivity index (χ1v) is 10.3. The summed E-state index contributed by atoms with van der Waals surface area (Å²) in [6.07, 6.45) is 3.93. The van der Waals surface area contributed by atoms with Gasteiger partial charge in [0.2, 0.25) is 0 Å². The number of rotatable bonds is 3. The van der Waals surface area contributed by atoms with Crippen molar-refractivity contribution < 1.29 is 9.21 Å². The van der Waals surface area contributed by atoms with E-state index in [1.165, 1.54) is 5.56 Å². The molecule has 2 saturated heterocycles. The minimum absolute atomic E-state index is 0.189. The summed E-state index contributed by atoms with van der Waals surface area (Å²) in [5.74, 6) is 1.20. The number of aryl methyl sites for hydroxylation is 1. The Labute approximate surface area is 165 Å². The Morgan fingerprint density at radius 2 is 1.86 bits per heavy atom. The van der Waals surface area contributed by atoms with Gasteiger partial charge in [-0.05, 0) is 62.3 Å². The van der Waals surface area contributed by atoms with Crippen LogP contribution in [0.4, 0.5) is 0 Å². The molecule has 148 valence electrons. The summed E-state index contributed by atoms with van der Waals surface area (Å²) in [7, 11) is 0. The van der Waals surface area contributed by atoms with Crippen molar-refractivity contribution in [2.45, 2.75) is 44.4 Å². The monoisotopic (exact) mass is 380 g/mol. The molecule has 3 heterocycles. The van der Waals surface area contributed by atoms with Gasteiger partial charge in [-0.2, -0.15) is 0 Å². The molecule has 2 aliphatic rings. The van der Waals surface area contributed by atoms with Gasteiger partial charge in [0.1, 0.15) is 11.3 Å². The van der Waals surface area contributed by atoms with Gasteiger partial charge in [-0.3, -0.25) is 4.79 Å². The molecular weight excluding hydrogens is 352 g/mol. The van der Waals surface area contributed by atoms with E-state index in [2.05, 4.69) is 29.6 Å². The maximum Gasteiger partial charge on any atom is 0.349 e. The highest BCUT2D eigenvalue weighted by Gasteiger charge is 2.28. The zero-order valence-electron chi connectivity index (χ0n) is 16.4. The van der Waals surface area contributed by atoms with Gasteiger partial charge in [0.15, 0.2) is 0 Å². The Morgan fingerprint density at radius 3 is 2.50 bits per heavy atom. The predicted molar refractivity (Wildman–Crippen MR) is 109 cm³/mol. The fourth-order valence-corrected chi connectivity index (χ4v) is 4.49. The standard InChI is InChI=1S/C23H28N2O3/c1-16-14-20(19-8-5-11-24-15-19)28-23(27)21(16)22(26)25-12-9-18(10-13-25)17-6-3-2-4-7-17/h2-4,6-7,14,18-19,24H,5,8-13,15H2,1H3. The summed E-state index contributed by atoms with van der Waals surface area (Å²) < 4.78 is 5.59. The molecule has 0 radical (unpaired) electrons. The maximum atomic E-state index is 13.0. The van der Waals surface area contributed by atoms with Crippen LogP contribution in [0.2, 0.25) is 0 Å². The second-order valence-electron chi connectivity index (χ2n) is 8.01. The average Bonchev–Trinajstić information content (AvgIpc) is 2.74. The van der Waals surface area contributed by atoms with Crippen molar-refractivity contribution in [1.82, 2.24) is 10.2 Å². The molecule has 1 unspecified atom stereocenters. The van der Waals surface area contributed by atoms with Gasteiger partial charge in [-0.15, -0.1) is 0 Å². The van der Waals surface area contributed by atoms with E-state index >= 15 is 0 Å². The minimum atomic E-state index is -0.490. The number of hydrogen-bond donors (Lipinski definition) is 1. The molecule has 0 saturated carbocycles. The Kier molecular flexibility index (Phi) is 5.62. The number of benzene rings is 1. The first kappa shape index (κ1) is 18.9. The van der Waals surface area contributed by atoms with Crippen LogP contribution < -0.4 is 10.9 Å². The van der Waals surface area contributed by atoms with Gasteiger partial charge in [0.25, 0.3) is 5.91 Å². The van der Waals surface area contributed by atoms with Gasteiger partial charge in [0.05, 0.1) is 0 Å². The fraction of sp³-hybridized carbons (Fsp3) is 0.478. The van der Waals surface area contributed by atoms with Crippen molar-refractivity contribution >= 4 is 5.91 Å². The summed E-state index contributed by atoms with van der Waals surface area (Å²) in [5, 5.41) is 3.34. The lowest BCUT2D eigenvalue weighted by Gasteiger charge is -2.32. The molecule has 28 heavy (non-hydrogen) atoms. The molecule has 2 aromatic rings. The quantitative estimate of drug-likeness (QED) is 0.886. The zero-order valence-corrected chi connectivity index (χ0v) is 16.4. The number of amides is 1. The summed E-state index contributed by atoms with van der Waals surface area (Å²) >= 11 is 0. The molecule has 4 rings (SSSR count). The van der Waals surface area contributed by atoms with E-state index in [1.807, 2.05) is 19.1 Å². The highest BCUT2D eigenvalue weighted by Crippen LogP contribution is 2.29. The van der Waals surface area contributed by atoms with Crippen LogP contribution in [0.1, 0.15) is 64.8 Å². The van der Waals surface area contributed by atoms with Crippen LogP contribution in [-0.2, 0) is 0 Å². The zero-order chi connectivity index (χ0) is 19.5. The van der Waals surface area contributed by atoms with Crippen molar-refractivity contribution in [2.24, 2.45) is 0 Å². The Bertz CT molecular complexity index is 876. The molecular formula is C23H28N2O3. The average molecular weight is 380 g/mol. The maximum absolute atomic E-state index is 13.0. The molecule has 0 bridgehead atoms. The van der Waals surface area contributed by atoms with Crippen molar-refractivity contribution in [3.8, 4) is 0 Å². The molecule has 1 atom stereocenters. The molecule has 1 aromatic heterocycles. The summed E-state index contributed by atoms with van der Waals surface area (Å²) in [6.45, 7) is 5.02. The predicted octanol–water partition coefficient (Wildman–Crippen LogP) is 3.44. The third-order valence-corrected chi connectivity index (χ3v) is 6.13. The Hall–Kier alpha value is -2.40. The van der Waals surface area contributed by atoms with Gasteiger partial charge in [-0.25, -0.2) is 4.79 Å². The van der Waals surface area contributed by atoms with E-state index in [4.69, 9.17) is 4.42 Å². The third kappa shape index (κ3) is 3.90. The number of carbonyl (C=O) groups is 1. The van der Waals surface area contributed by atoms with Gasteiger partial charge in [0, 0.05) is 25.6 Å². The number of carbonyl (C=O) groups excluding carboxylic acids is 1. The van der Waals surface area contributed by atoms with Crippen LogP contribution in [0.5, 0.6) is 0 Å². The third-order valence-electron chi connectivity index (χ3n) is 6.13. The lowest BCUT2D eigenvalue weighted by atomic mass is 9.89. The molecule has 0 aliphatic carbocycles. The minimum Gasteiger partial charge on any atom is -0.427 e. The fourth-order valence-electron chi connectivity index (χ4n) is 4.49. The molecule has 2 aliphatic heterocycles. The molecule has 2 fully saturated rings. The summed E-state index contributed by atoms with van der Waals surface area (Å²) in [6, 6.07) is 12.3. The van der Waals surface area contributed by atoms with Gasteiger partial charge >= 0.3 is 5.63 Å². The molecule has 1 aromatic carbocycles. The largest absolute Gasteiger partial charge is 0.427 e. The van der Waals surface area contributed by atoms with E-state index in [0.29, 0.717) is 24.8 Å². The van der Waals surface area contributed by atoms with Crippen molar-refractivity contribution in [1.29, 1.82) is 0 Å². The van der Waals surface area contributed by atoms with Crippen LogP contribution >= 0.6 is 0 Å². The topological polar surface area (TPSA) is 62.6 Å². The van der Waals surface area contributed by atoms with E-state index in [0.717, 1.165) is 44.3 Å². The van der Waals surface area contributed by atoms with Crippen LogP contribution in [0.15, 0.2) is 45.6 Å². The van der Waals surface area contributed by atoms with E-state index in [1.54, 1.807) is 4.90 Å². The SMILES string of the molecule is Cc1cc(C2CCCNC2)oc(=O)c1C(=O)N1CCC(c2ccccc2)CC1. The highest BCUT2D eigenvalue weighted by atomic mass is 16.4. The molecule has 5 heteroatoms. The highest BCUT2D eigenvalue weighted by molar-refractivity contribution is 5.95. The number of likely N-dealkylation sites (tertiary alicyclic amines) is 1. The van der Waals surface area contributed by atoms with E-state index < -0.39 is 5.63 Å². The molecule has 5 nitrogen and oxygen atoms in total. The van der Waals surface area contributed by atoms with E-state index in [-0.39, 0.29) is 17.4 Å². The molecule has 0 spiro atoms. The molecule has 1 N–H and O–H groups in total. The lowest BCUT2D eigenvalue weighted by Crippen LogP contribution is -2.40. The van der Waals surface area contributed by atoms with Gasteiger partial charge in [-0.1, -0.05) is 30.3 Å². The van der Waals surface area contributed by atoms with E-state index in [9.17, 15) is 9.59 Å². The summed E-state index contributed by atoms with van der Waals surface area (Å²) in [5.41, 5.74) is 1.77. The first-order chi connectivity index (χ1) is 13.6. The number of nitrogens with zero attached hydrogens (tertiary/aromatic N) is 1. The van der Waals surface area contributed by atoms with Crippen LogP contribution in [0.25, 0.3) is 0 Å². The van der Waals surface area contributed by atoms with Crippen molar-refractivity contribution in [3.63, 3.8) is 0 Å². The second kappa shape index (κ2) is 8.31. The van der Waals surface area contributed by atoms with Crippen LogP contribution in [-0.4, -0.2) is 37.0 Å². The van der Waals surface area contributed by atoms with Crippen LogP contribution in [0.3, 0.4) is 0 Å². The smallest absolute Gasteiger partial charge is 0.349 e. The summed E-state index contributed by atoms with van der Waals surface area (Å²) in [4.78, 5) is 27.5. The number of hydrogen-bond acceptors (Lipinski definition) is 4. The number of nitrogens with one attached hydrogen (secondary N) is 1. The van der Waals surface area contributed by atoms with Crippen molar-refractivity contribution in [3.05, 3.63) is 69.3 Å². The van der Waals surface area contributed by atoms with Gasteiger partial charge < -0.3 is 14.6 Å². The Morgan fingerprint density at radius 1 is 1.11 bits per heavy atom. The van der Waals surface area contributed by atoms with Crippen LogP contribution in [0, 0.1) is 6.92 Å². The molecule has 1 amide bonds. The second-order valence-corrected chi connectivity index (χ2v) is 8.01. The van der Waals surface area contributed by atoms with Crippen molar-refractivity contribution in [2.75, 3.05) is 26.2 Å². The lowest BCUT2D eigenvalue weighted by molar-refractivity contribution is 0.0707. The first-order valence-electron chi connectivity index (χ1n) is 10.3.